The molecule has 0 aromatic rings. The Balaban J connectivity index is 3.59. The second-order valence-corrected chi connectivity index (χ2v) is 4.23. The monoisotopic (exact) mass is 235 g/mol. The highest BCUT2D eigenvalue weighted by molar-refractivity contribution is 4.64. The van der Waals surface area contributed by atoms with Crippen LogP contribution in [0.2, 0.25) is 0 Å². The summed E-state index contributed by atoms with van der Waals surface area (Å²) in [6.07, 6.45) is 2.39. The van der Waals surface area contributed by atoms with E-state index in [4.69, 9.17) is 0 Å². The topological polar surface area (TPSA) is 63.4 Å². The largest absolute Gasteiger partial charge is 0.393 e. The number of hydrogen-bond acceptors (Lipinski definition) is 3. The Morgan fingerprint density at radius 2 is 1.88 bits per heavy atom. The summed E-state index contributed by atoms with van der Waals surface area (Å²) in [6, 6.07) is -1.07. The lowest BCUT2D eigenvalue weighted by atomic mass is 10.0. The standard InChI is InChI=1S/C11H22FNO3/c1-3-10(14)7-5-4-6-8-11(9(2)12)13(15)16/h9-11,14H,3-8H2,1-2H3/t9-,10?,11?/m1/s1. The van der Waals surface area contributed by atoms with Crippen LogP contribution in [0.5, 0.6) is 0 Å². The fraction of sp³-hybridized carbons (Fsp3) is 1.00. The zero-order valence-corrected chi connectivity index (χ0v) is 10.1. The molecule has 3 atom stereocenters. The lowest BCUT2D eigenvalue weighted by Crippen LogP contribution is -2.28. The zero-order valence-electron chi connectivity index (χ0n) is 10.1. The van der Waals surface area contributed by atoms with Gasteiger partial charge in [-0.25, -0.2) is 4.39 Å². The van der Waals surface area contributed by atoms with Crippen LogP contribution in [0.3, 0.4) is 0 Å². The van der Waals surface area contributed by atoms with Gasteiger partial charge in [-0.3, -0.25) is 10.1 Å². The third kappa shape index (κ3) is 6.71. The number of aliphatic hydroxyl groups excluding tert-OH is 1. The molecule has 0 aromatic heterocycles. The maximum Gasteiger partial charge on any atom is 0.243 e. The molecule has 0 saturated heterocycles. The van der Waals surface area contributed by atoms with Crippen LogP contribution in [0, 0.1) is 10.1 Å². The average Bonchev–Trinajstić information content (AvgIpc) is 2.21. The van der Waals surface area contributed by atoms with E-state index in [0.717, 1.165) is 25.7 Å². The molecule has 4 nitrogen and oxygen atoms in total. The molecule has 0 aliphatic carbocycles. The molecule has 0 rings (SSSR count). The first kappa shape index (κ1) is 15.3. The summed E-state index contributed by atoms with van der Waals surface area (Å²) in [5.41, 5.74) is 0. The van der Waals surface area contributed by atoms with E-state index in [9.17, 15) is 19.6 Å². The highest BCUT2D eigenvalue weighted by atomic mass is 19.1. The molecule has 5 heteroatoms. The zero-order chi connectivity index (χ0) is 12.6. The van der Waals surface area contributed by atoms with Gasteiger partial charge in [-0.15, -0.1) is 0 Å². The second kappa shape index (κ2) is 8.44. The van der Waals surface area contributed by atoms with Crippen molar-refractivity contribution in [2.24, 2.45) is 0 Å². The van der Waals surface area contributed by atoms with Crippen molar-refractivity contribution in [2.75, 3.05) is 0 Å². The molecule has 0 fully saturated rings. The minimum absolute atomic E-state index is 0.272. The molecular weight excluding hydrogens is 213 g/mol. The van der Waals surface area contributed by atoms with Crippen molar-refractivity contribution in [2.45, 2.75) is 70.7 Å². The number of halogens is 1. The predicted octanol–water partition coefficient (Wildman–Crippen LogP) is 2.71. The summed E-state index contributed by atoms with van der Waals surface area (Å²) >= 11 is 0. The van der Waals surface area contributed by atoms with E-state index in [-0.39, 0.29) is 12.5 Å². The molecule has 0 spiro atoms. The van der Waals surface area contributed by atoms with Gasteiger partial charge in [0.1, 0.15) is 0 Å². The molecule has 0 amide bonds. The van der Waals surface area contributed by atoms with E-state index in [1.807, 2.05) is 6.92 Å². The van der Waals surface area contributed by atoms with Gasteiger partial charge in [0.05, 0.1) is 6.10 Å². The third-order valence-electron chi connectivity index (χ3n) is 2.81. The van der Waals surface area contributed by atoms with Crippen LogP contribution >= 0.6 is 0 Å². The maximum atomic E-state index is 12.8. The lowest BCUT2D eigenvalue weighted by molar-refractivity contribution is -0.531. The highest BCUT2D eigenvalue weighted by Gasteiger charge is 2.26. The predicted molar refractivity (Wildman–Crippen MR) is 60.7 cm³/mol. The van der Waals surface area contributed by atoms with E-state index in [2.05, 4.69) is 0 Å². The quantitative estimate of drug-likeness (QED) is 0.379. The van der Waals surface area contributed by atoms with Crippen molar-refractivity contribution < 1.29 is 14.4 Å². The summed E-state index contributed by atoms with van der Waals surface area (Å²) in [5.74, 6) is 0. The second-order valence-electron chi connectivity index (χ2n) is 4.23. The first-order valence-electron chi connectivity index (χ1n) is 5.94. The summed E-state index contributed by atoms with van der Waals surface area (Å²) < 4.78 is 12.8. The van der Waals surface area contributed by atoms with Gasteiger partial charge in [-0.05, 0) is 26.2 Å². The van der Waals surface area contributed by atoms with Crippen molar-refractivity contribution in [3.63, 3.8) is 0 Å². The smallest absolute Gasteiger partial charge is 0.243 e. The van der Waals surface area contributed by atoms with E-state index in [1.54, 1.807) is 0 Å². The summed E-state index contributed by atoms with van der Waals surface area (Å²) in [4.78, 5) is 9.95. The van der Waals surface area contributed by atoms with Crippen molar-refractivity contribution in [1.29, 1.82) is 0 Å². The number of nitrogens with zero attached hydrogens (tertiary/aromatic N) is 1. The Morgan fingerprint density at radius 3 is 2.31 bits per heavy atom. The Morgan fingerprint density at radius 1 is 1.31 bits per heavy atom. The van der Waals surface area contributed by atoms with Crippen molar-refractivity contribution >= 4 is 0 Å². The molecule has 0 aliphatic heterocycles. The molecule has 0 bridgehead atoms. The van der Waals surface area contributed by atoms with Crippen LogP contribution < -0.4 is 0 Å². The van der Waals surface area contributed by atoms with E-state index in [0.29, 0.717) is 6.42 Å². The molecule has 1 N–H and O–H groups in total. The number of aliphatic hydroxyl groups is 1. The van der Waals surface area contributed by atoms with Crippen LogP contribution in [0.15, 0.2) is 0 Å². The highest BCUT2D eigenvalue weighted by Crippen LogP contribution is 2.14. The van der Waals surface area contributed by atoms with Crippen LogP contribution in [0.4, 0.5) is 4.39 Å². The SMILES string of the molecule is CCC(O)CCCCCC([C@@H](C)F)[N+](=O)[O-]. The molecular formula is C11H22FNO3. The van der Waals surface area contributed by atoms with Crippen LogP contribution in [0.1, 0.15) is 52.4 Å². The van der Waals surface area contributed by atoms with E-state index >= 15 is 0 Å². The molecule has 0 aromatic carbocycles. The van der Waals surface area contributed by atoms with E-state index in [1.165, 1.54) is 6.92 Å². The first-order valence-corrected chi connectivity index (χ1v) is 5.94. The fourth-order valence-corrected chi connectivity index (χ4v) is 1.62. The Labute approximate surface area is 96.0 Å². The van der Waals surface area contributed by atoms with Crippen molar-refractivity contribution in [1.82, 2.24) is 0 Å². The number of unbranched alkanes of at least 4 members (excludes halogenated alkanes) is 2. The molecule has 0 heterocycles. The van der Waals surface area contributed by atoms with Crippen molar-refractivity contribution in [3.8, 4) is 0 Å². The number of alkyl halides is 1. The molecule has 0 saturated carbocycles. The van der Waals surface area contributed by atoms with Gasteiger partial charge in [-0.1, -0.05) is 19.8 Å². The van der Waals surface area contributed by atoms with Gasteiger partial charge in [0.15, 0.2) is 6.17 Å². The normalized spacial score (nSPS) is 16.8. The molecule has 0 aliphatic rings. The summed E-state index contributed by atoms with van der Waals surface area (Å²) in [7, 11) is 0. The number of hydrogen-bond donors (Lipinski definition) is 1. The van der Waals surface area contributed by atoms with Gasteiger partial charge in [0, 0.05) is 11.3 Å². The molecule has 0 radical (unpaired) electrons. The number of rotatable bonds is 9. The molecule has 16 heavy (non-hydrogen) atoms. The number of nitro groups is 1. The molecule has 96 valence electrons. The Kier molecular flexibility index (Phi) is 8.07. The molecule has 2 unspecified atom stereocenters. The Hall–Kier alpha value is -0.710. The maximum absolute atomic E-state index is 12.8. The lowest BCUT2D eigenvalue weighted by Gasteiger charge is -2.10. The average molecular weight is 235 g/mol. The van der Waals surface area contributed by atoms with Crippen LogP contribution in [0.25, 0.3) is 0 Å². The minimum Gasteiger partial charge on any atom is -0.393 e. The van der Waals surface area contributed by atoms with E-state index < -0.39 is 17.1 Å². The van der Waals surface area contributed by atoms with Gasteiger partial charge < -0.3 is 5.11 Å². The minimum atomic E-state index is -1.39. The Bertz CT molecular complexity index is 200. The first-order chi connectivity index (χ1) is 7.49. The van der Waals surface area contributed by atoms with Gasteiger partial charge in [-0.2, -0.15) is 0 Å². The van der Waals surface area contributed by atoms with Gasteiger partial charge in [0.25, 0.3) is 0 Å². The summed E-state index contributed by atoms with van der Waals surface area (Å²) in [6.45, 7) is 3.15. The van der Waals surface area contributed by atoms with Crippen molar-refractivity contribution in [3.05, 3.63) is 10.1 Å². The fourth-order valence-electron chi connectivity index (χ4n) is 1.62. The van der Waals surface area contributed by atoms with Crippen LogP contribution in [-0.2, 0) is 0 Å². The van der Waals surface area contributed by atoms with Crippen LogP contribution in [-0.4, -0.2) is 28.3 Å². The summed E-state index contributed by atoms with van der Waals surface area (Å²) in [5, 5.41) is 19.8. The van der Waals surface area contributed by atoms with Gasteiger partial charge >= 0.3 is 0 Å². The van der Waals surface area contributed by atoms with Gasteiger partial charge in [0.2, 0.25) is 6.04 Å². The third-order valence-corrected chi connectivity index (χ3v) is 2.81.